The number of nitrogens with one attached hydrogen (secondary N) is 1. The summed E-state index contributed by atoms with van der Waals surface area (Å²) in [6.45, 7) is 5.41. The molecule has 0 saturated carbocycles. The van der Waals surface area contributed by atoms with Crippen LogP contribution in [0.1, 0.15) is 29.9 Å². The van der Waals surface area contributed by atoms with Gasteiger partial charge in [-0.2, -0.15) is 0 Å². The number of hydrogen-bond donors (Lipinski definition) is 1. The van der Waals surface area contributed by atoms with Gasteiger partial charge in [0.1, 0.15) is 22.3 Å². The molecule has 0 bridgehead atoms. The fraction of sp³-hybridized carbons (Fsp3) is 0.235. The molecule has 5 nitrogen and oxygen atoms in total. The first kappa shape index (κ1) is 16.3. The van der Waals surface area contributed by atoms with Crippen LogP contribution in [0.3, 0.4) is 0 Å². The molecular formula is C17H16FN3O2S. The summed E-state index contributed by atoms with van der Waals surface area (Å²) in [6.07, 6.45) is 0. The molecule has 2 heterocycles. The molecule has 1 N–H and O–H groups in total. The first-order chi connectivity index (χ1) is 11.5. The van der Waals surface area contributed by atoms with E-state index in [-0.39, 0.29) is 11.7 Å². The maximum Gasteiger partial charge on any atom is 0.232 e. The van der Waals surface area contributed by atoms with E-state index >= 15 is 0 Å². The van der Waals surface area contributed by atoms with Gasteiger partial charge in [-0.15, -0.1) is 11.3 Å². The minimum absolute atomic E-state index is 0.169. The number of carbonyl (C=O) groups excluding carboxylic acids is 1. The van der Waals surface area contributed by atoms with Crippen LogP contribution in [-0.4, -0.2) is 16.0 Å². The lowest BCUT2D eigenvalue weighted by Gasteiger charge is -2.12. The maximum absolute atomic E-state index is 13.1. The van der Waals surface area contributed by atoms with Gasteiger partial charge in [0.2, 0.25) is 5.91 Å². The van der Waals surface area contributed by atoms with Gasteiger partial charge in [0.05, 0.1) is 17.1 Å². The molecule has 7 heteroatoms. The lowest BCUT2D eigenvalue weighted by molar-refractivity contribution is -0.117. The van der Waals surface area contributed by atoms with Crippen LogP contribution in [0.15, 0.2) is 34.3 Å². The molecular weight excluding hydrogens is 329 g/mol. The minimum atomic E-state index is -0.403. The smallest absolute Gasteiger partial charge is 0.232 e. The normalized spacial score (nSPS) is 12.2. The van der Waals surface area contributed by atoms with Crippen molar-refractivity contribution in [3.05, 3.63) is 52.6 Å². The Bertz CT molecular complexity index is 851. The molecule has 0 aliphatic heterocycles. The summed E-state index contributed by atoms with van der Waals surface area (Å²) in [5, 5.41) is 7.42. The summed E-state index contributed by atoms with van der Waals surface area (Å²) in [5.41, 5.74) is 4.52. The van der Waals surface area contributed by atoms with Gasteiger partial charge in [-0.05, 0) is 45.0 Å². The van der Waals surface area contributed by atoms with Crippen molar-refractivity contribution >= 4 is 22.2 Å². The van der Waals surface area contributed by atoms with Gasteiger partial charge in [-0.25, -0.2) is 9.37 Å². The molecule has 124 valence electrons. The molecule has 1 aromatic carbocycles. The van der Waals surface area contributed by atoms with Gasteiger partial charge >= 0.3 is 0 Å². The number of carbonyl (C=O) groups is 1. The number of thiazole rings is 1. The van der Waals surface area contributed by atoms with E-state index in [2.05, 4.69) is 15.5 Å². The number of aryl methyl sites for hydroxylation is 2. The van der Waals surface area contributed by atoms with Crippen molar-refractivity contribution in [1.29, 1.82) is 0 Å². The largest absolute Gasteiger partial charge is 0.361 e. The second-order valence-electron chi connectivity index (χ2n) is 5.49. The monoisotopic (exact) mass is 345 g/mol. The SMILES string of the molecule is Cc1noc(C)c1[C@H](C)C(=O)Nc1scnc1-c1ccc(F)cc1. The Hall–Kier alpha value is -2.54. The predicted molar refractivity (Wildman–Crippen MR) is 90.5 cm³/mol. The van der Waals surface area contributed by atoms with Crippen LogP contribution in [0.2, 0.25) is 0 Å². The van der Waals surface area contributed by atoms with Crippen molar-refractivity contribution < 1.29 is 13.7 Å². The van der Waals surface area contributed by atoms with E-state index in [1.807, 2.05) is 6.92 Å². The zero-order chi connectivity index (χ0) is 17.3. The van der Waals surface area contributed by atoms with E-state index in [1.54, 1.807) is 31.5 Å². The zero-order valence-corrected chi connectivity index (χ0v) is 14.3. The van der Waals surface area contributed by atoms with Gasteiger partial charge < -0.3 is 9.84 Å². The minimum Gasteiger partial charge on any atom is -0.361 e. The number of halogens is 1. The number of rotatable bonds is 4. The quantitative estimate of drug-likeness (QED) is 0.765. The highest BCUT2D eigenvalue weighted by Gasteiger charge is 2.24. The number of nitrogens with zero attached hydrogens (tertiary/aromatic N) is 2. The number of amides is 1. The number of hydrogen-bond acceptors (Lipinski definition) is 5. The van der Waals surface area contributed by atoms with Crippen molar-refractivity contribution in [2.75, 3.05) is 5.32 Å². The third-order valence-corrected chi connectivity index (χ3v) is 4.58. The van der Waals surface area contributed by atoms with Crippen LogP contribution in [-0.2, 0) is 4.79 Å². The zero-order valence-electron chi connectivity index (χ0n) is 13.5. The number of benzene rings is 1. The van der Waals surface area contributed by atoms with Gasteiger partial charge in [0.15, 0.2) is 0 Å². The second kappa shape index (κ2) is 6.52. The highest BCUT2D eigenvalue weighted by Crippen LogP contribution is 2.32. The first-order valence-corrected chi connectivity index (χ1v) is 8.28. The molecule has 0 radical (unpaired) electrons. The third-order valence-electron chi connectivity index (χ3n) is 3.84. The predicted octanol–water partition coefficient (Wildman–Crippen LogP) is 4.30. The van der Waals surface area contributed by atoms with E-state index < -0.39 is 5.92 Å². The molecule has 3 aromatic rings. The summed E-state index contributed by atoms with van der Waals surface area (Å²) < 4.78 is 18.2. The van der Waals surface area contributed by atoms with Gasteiger partial charge in [-0.1, -0.05) is 5.16 Å². The topological polar surface area (TPSA) is 68.0 Å². The van der Waals surface area contributed by atoms with E-state index in [1.165, 1.54) is 23.5 Å². The Balaban J connectivity index is 1.83. The van der Waals surface area contributed by atoms with Crippen LogP contribution in [0.4, 0.5) is 9.39 Å². The fourth-order valence-corrected chi connectivity index (χ4v) is 3.31. The summed E-state index contributed by atoms with van der Waals surface area (Å²) in [7, 11) is 0. The van der Waals surface area contributed by atoms with E-state index in [0.29, 0.717) is 22.1 Å². The molecule has 0 aliphatic rings. The van der Waals surface area contributed by atoms with Gasteiger partial charge in [-0.3, -0.25) is 4.79 Å². The molecule has 0 unspecified atom stereocenters. The summed E-state index contributed by atoms with van der Waals surface area (Å²) >= 11 is 1.32. The molecule has 24 heavy (non-hydrogen) atoms. The average Bonchev–Trinajstić information content (AvgIpc) is 3.14. The highest BCUT2D eigenvalue weighted by atomic mass is 32.1. The third kappa shape index (κ3) is 3.07. The van der Waals surface area contributed by atoms with Crippen molar-refractivity contribution in [3.63, 3.8) is 0 Å². The van der Waals surface area contributed by atoms with Crippen LogP contribution in [0, 0.1) is 19.7 Å². The van der Waals surface area contributed by atoms with E-state index in [9.17, 15) is 9.18 Å². The number of aromatic nitrogens is 2. The Labute approximate surface area is 142 Å². The van der Waals surface area contributed by atoms with Crippen molar-refractivity contribution in [1.82, 2.24) is 10.1 Å². The first-order valence-electron chi connectivity index (χ1n) is 7.40. The lowest BCUT2D eigenvalue weighted by atomic mass is 9.99. The molecule has 3 rings (SSSR count). The fourth-order valence-electron chi connectivity index (χ4n) is 2.61. The number of anilines is 1. The standard InChI is InChI=1S/C17H16FN3O2S/c1-9(14-10(2)21-23-11(14)3)16(22)20-17-15(19-8-24-17)12-4-6-13(18)7-5-12/h4-9H,1-3H3,(H,20,22)/t9-/m0/s1. The molecule has 0 spiro atoms. The summed E-state index contributed by atoms with van der Waals surface area (Å²) in [5.74, 6) is -0.249. The molecule has 0 saturated heterocycles. The molecule has 1 amide bonds. The van der Waals surface area contributed by atoms with Gasteiger partial charge in [0.25, 0.3) is 0 Å². The van der Waals surface area contributed by atoms with Crippen LogP contribution in [0.25, 0.3) is 11.3 Å². The van der Waals surface area contributed by atoms with E-state index in [4.69, 9.17) is 4.52 Å². The average molecular weight is 345 g/mol. The van der Waals surface area contributed by atoms with Crippen LogP contribution >= 0.6 is 11.3 Å². The highest BCUT2D eigenvalue weighted by molar-refractivity contribution is 7.14. The van der Waals surface area contributed by atoms with Crippen molar-refractivity contribution in [3.8, 4) is 11.3 Å². The molecule has 0 aliphatic carbocycles. The van der Waals surface area contributed by atoms with Crippen LogP contribution in [0.5, 0.6) is 0 Å². The Morgan fingerprint density at radius 2 is 2.00 bits per heavy atom. The van der Waals surface area contributed by atoms with Crippen LogP contribution < -0.4 is 5.32 Å². The second-order valence-corrected chi connectivity index (χ2v) is 6.34. The molecule has 2 aromatic heterocycles. The molecule has 0 fully saturated rings. The summed E-state index contributed by atoms with van der Waals surface area (Å²) in [4.78, 5) is 16.9. The Kier molecular flexibility index (Phi) is 4.44. The Morgan fingerprint density at radius 3 is 2.62 bits per heavy atom. The van der Waals surface area contributed by atoms with Crippen molar-refractivity contribution in [2.45, 2.75) is 26.7 Å². The summed E-state index contributed by atoms with van der Waals surface area (Å²) in [6, 6.07) is 6.01. The maximum atomic E-state index is 13.1. The van der Waals surface area contributed by atoms with E-state index in [0.717, 1.165) is 11.1 Å². The van der Waals surface area contributed by atoms with Crippen molar-refractivity contribution in [2.24, 2.45) is 0 Å². The Morgan fingerprint density at radius 1 is 1.29 bits per heavy atom. The van der Waals surface area contributed by atoms with Gasteiger partial charge in [0, 0.05) is 11.1 Å². The molecule has 1 atom stereocenters. The lowest BCUT2D eigenvalue weighted by Crippen LogP contribution is -2.19.